The summed E-state index contributed by atoms with van der Waals surface area (Å²) in [5, 5.41) is 5.62. The highest BCUT2D eigenvalue weighted by Gasteiger charge is 2.17. The van der Waals surface area contributed by atoms with E-state index in [1.165, 1.54) is 0 Å². The van der Waals surface area contributed by atoms with Gasteiger partial charge in [-0.15, -0.1) is 11.8 Å². The maximum absolute atomic E-state index is 11.8. The van der Waals surface area contributed by atoms with Gasteiger partial charge in [-0.05, 0) is 37.5 Å². The van der Waals surface area contributed by atoms with Crippen LogP contribution in [0.25, 0.3) is 0 Å². The first kappa shape index (κ1) is 19.3. The van der Waals surface area contributed by atoms with Gasteiger partial charge in [-0.25, -0.2) is 0 Å². The van der Waals surface area contributed by atoms with Crippen molar-refractivity contribution >= 4 is 35.2 Å². The Balaban J connectivity index is 1.56. The Bertz CT molecular complexity index is 615. The lowest BCUT2D eigenvalue weighted by Gasteiger charge is -2.11. The zero-order chi connectivity index (χ0) is 18.1. The molecule has 1 aromatic carbocycles. The van der Waals surface area contributed by atoms with Crippen molar-refractivity contribution in [3.63, 3.8) is 0 Å². The van der Waals surface area contributed by atoms with Crippen molar-refractivity contribution in [1.82, 2.24) is 5.32 Å². The van der Waals surface area contributed by atoms with Gasteiger partial charge in [0.1, 0.15) is 0 Å². The summed E-state index contributed by atoms with van der Waals surface area (Å²) in [5.41, 5.74) is 1.79. The van der Waals surface area contributed by atoms with Crippen molar-refractivity contribution in [3.05, 3.63) is 29.8 Å². The van der Waals surface area contributed by atoms with Gasteiger partial charge in [-0.2, -0.15) is 0 Å². The second kappa shape index (κ2) is 10.1. The molecule has 0 radical (unpaired) electrons. The molecule has 25 heavy (non-hydrogen) atoms. The van der Waals surface area contributed by atoms with Crippen molar-refractivity contribution < 1.29 is 19.1 Å². The van der Waals surface area contributed by atoms with Crippen LogP contribution < -0.4 is 10.6 Å². The highest BCUT2D eigenvalue weighted by Crippen LogP contribution is 2.17. The molecule has 1 fully saturated rings. The van der Waals surface area contributed by atoms with E-state index in [1.54, 1.807) is 0 Å². The molecule has 6 nitrogen and oxygen atoms in total. The summed E-state index contributed by atoms with van der Waals surface area (Å²) in [7, 11) is 0. The van der Waals surface area contributed by atoms with E-state index in [4.69, 9.17) is 4.74 Å². The van der Waals surface area contributed by atoms with E-state index in [2.05, 4.69) is 10.6 Å². The summed E-state index contributed by atoms with van der Waals surface area (Å²) in [5.74, 6) is -0.741. The number of esters is 1. The van der Waals surface area contributed by atoms with Crippen LogP contribution in [0.4, 0.5) is 5.69 Å². The smallest absolute Gasteiger partial charge is 0.316 e. The molecule has 0 saturated heterocycles. The Morgan fingerprint density at radius 2 is 1.92 bits per heavy atom. The van der Waals surface area contributed by atoms with Gasteiger partial charge in [0.25, 0.3) is 5.91 Å². The molecular formula is C18H24N2O4S. The normalized spacial score (nSPS) is 14.1. The lowest BCUT2D eigenvalue weighted by atomic mass is 10.2. The molecule has 2 N–H and O–H groups in total. The zero-order valence-electron chi connectivity index (χ0n) is 14.4. The number of carbonyl (C=O) groups excluding carboxylic acids is 3. The number of carbonyl (C=O) groups is 3. The Morgan fingerprint density at radius 3 is 2.64 bits per heavy atom. The van der Waals surface area contributed by atoms with Crippen LogP contribution in [-0.2, 0) is 19.1 Å². The van der Waals surface area contributed by atoms with Crippen molar-refractivity contribution in [3.8, 4) is 0 Å². The number of thioether (sulfide) groups is 1. The predicted octanol–water partition coefficient (Wildman–Crippen LogP) is 2.27. The topological polar surface area (TPSA) is 84.5 Å². The molecule has 1 aliphatic carbocycles. The third-order valence-electron chi connectivity index (χ3n) is 3.84. The molecular weight excluding hydrogens is 340 g/mol. The van der Waals surface area contributed by atoms with Gasteiger partial charge in [-0.1, -0.05) is 25.0 Å². The summed E-state index contributed by atoms with van der Waals surface area (Å²) in [6, 6.07) is 7.72. The van der Waals surface area contributed by atoms with E-state index in [0.717, 1.165) is 48.7 Å². The maximum atomic E-state index is 11.8. The molecule has 1 aromatic rings. The molecule has 2 rings (SSSR count). The Kier molecular flexibility index (Phi) is 7.78. The minimum Gasteiger partial charge on any atom is -0.455 e. The van der Waals surface area contributed by atoms with Gasteiger partial charge < -0.3 is 15.4 Å². The Morgan fingerprint density at radius 1 is 1.16 bits per heavy atom. The molecule has 0 bridgehead atoms. The van der Waals surface area contributed by atoms with E-state index >= 15 is 0 Å². The number of hydrogen-bond donors (Lipinski definition) is 2. The summed E-state index contributed by atoms with van der Waals surface area (Å²) < 4.78 is 4.93. The number of benzene rings is 1. The number of nitrogens with one attached hydrogen (secondary N) is 2. The number of rotatable bonds is 8. The number of hydrogen-bond acceptors (Lipinski definition) is 5. The fourth-order valence-electron chi connectivity index (χ4n) is 2.67. The first-order valence-electron chi connectivity index (χ1n) is 8.42. The molecule has 136 valence electrons. The molecule has 0 heterocycles. The molecule has 1 aliphatic rings. The van der Waals surface area contributed by atoms with Gasteiger partial charge in [0.15, 0.2) is 6.61 Å². The lowest BCUT2D eigenvalue weighted by molar-refractivity contribution is -0.146. The SMILES string of the molecule is Cc1cccc(NC(=O)CSCC(=O)OCC(=O)NC2CCCC2)c1. The Labute approximate surface area is 152 Å². The van der Waals surface area contributed by atoms with E-state index < -0.39 is 5.97 Å². The van der Waals surface area contributed by atoms with E-state index in [-0.39, 0.29) is 36.0 Å². The van der Waals surface area contributed by atoms with Crippen molar-refractivity contribution in [1.29, 1.82) is 0 Å². The third kappa shape index (κ3) is 7.60. The van der Waals surface area contributed by atoms with Crippen LogP contribution >= 0.6 is 11.8 Å². The number of aryl methyl sites for hydroxylation is 1. The van der Waals surface area contributed by atoms with Crippen molar-refractivity contribution in [2.45, 2.75) is 38.6 Å². The summed E-state index contributed by atoms with van der Waals surface area (Å²) in [6.07, 6.45) is 4.25. The van der Waals surface area contributed by atoms with Gasteiger partial charge in [0.2, 0.25) is 5.91 Å². The molecule has 7 heteroatoms. The lowest BCUT2D eigenvalue weighted by Crippen LogP contribution is -2.36. The molecule has 0 aliphatic heterocycles. The Hall–Kier alpha value is -2.02. The first-order valence-corrected chi connectivity index (χ1v) is 9.57. The molecule has 0 aromatic heterocycles. The van der Waals surface area contributed by atoms with Crippen LogP contribution in [0.5, 0.6) is 0 Å². The van der Waals surface area contributed by atoms with E-state index in [9.17, 15) is 14.4 Å². The molecule has 1 saturated carbocycles. The number of amides is 2. The number of ether oxygens (including phenoxy) is 1. The van der Waals surface area contributed by atoms with Crippen LogP contribution in [0.1, 0.15) is 31.2 Å². The highest BCUT2D eigenvalue weighted by atomic mass is 32.2. The highest BCUT2D eigenvalue weighted by molar-refractivity contribution is 8.00. The first-order chi connectivity index (χ1) is 12.0. The monoisotopic (exact) mass is 364 g/mol. The fourth-order valence-corrected chi connectivity index (χ4v) is 3.28. The van der Waals surface area contributed by atoms with Gasteiger partial charge in [0, 0.05) is 11.7 Å². The summed E-state index contributed by atoms with van der Waals surface area (Å²) in [4.78, 5) is 35.1. The molecule has 2 amide bonds. The molecule has 0 unspecified atom stereocenters. The minimum absolute atomic E-state index is 0.0396. The number of anilines is 1. The van der Waals surface area contributed by atoms with Crippen molar-refractivity contribution in [2.75, 3.05) is 23.4 Å². The largest absolute Gasteiger partial charge is 0.455 e. The fraction of sp³-hybridized carbons (Fsp3) is 0.500. The van der Waals surface area contributed by atoms with E-state index in [0.29, 0.717) is 0 Å². The average molecular weight is 364 g/mol. The third-order valence-corrected chi connectivity index (χ3v) is 4.75. The van der Waals surface area contributed by atoms with Crippen molar-refractivity contribution in [2.24, 2.45) is 0 Å². The van der Waals surface area contributed by atoms with Crippen LogP contribution in [0.15, 0.2) is 24.3 Å². The van der Waals surface area contributed by atoms with Gasteiger partial charge in [0.05, 0.1) is 11.5 Å². The summed E-state index contributed by atoms with van der Waals surface area (Å²) >= 11 is 1.16. The second-order valence-corrected chi connectivity index (χ2v) is 7.11. The quantitative estimate of drug-likeness (QED) is 0.691. The predicted molar refractivity (Wildman–Crippen MR) is 98.5 cm³/mol. The average Bonchev–Trinajstić information content (AvgIpc) is 3.06. The standard InChI is InChI=1S/C18H24N2O4S/c1-13-5-4-8-15(9-13)20-17(22)11-25-12-18(23)24-10-16(21)19-14-6-2-3-7-14/h4-5,8-9,14H,2-3,6-7,10-12H2,1H3,(H,19,21)(H,20,22). The maximum Gasteiger partial charge on any atom is 0.316 e. The van der Waals surface area contributed by atoms with Crippen LogP contribution in [0.3, 0.4) is 0 Å². The van der Waals surface area contributed by atoms with Crippen LogP contribution in [0.2, 0.25) is 0 Å². The van der Waals surface area contributed by atoms with Crippen LogP contribution in [-0.4, -0.2) is 41.9 Å². The van der Waals surface area contributed by atoms with Gasteiger partial charge in [-0.3, -0.25) is 14.4 Å². The zero-order valence-corrected chi connectivity index (χ0v) is 15.2. The van der Waals surface area contributed by atoms with Crippen LogP contribution in [0, 0.1) is 6.92 Å². The molecule has 0 atom stereocenters. The van der Waals surface area contributed by atoms with E-state index in [1.807, 2.05) is 31.2 Å². The minimum atomic E-state index is -0.491. The summed E-state index contributed by atoms with van der Waals surface area (Å²) in [6.45, 7) is 1.69. The second-order valence-electron chi connectivity index (χ2n) is 6.12. The molecule has 0 spiro atoms. The van der Waals surface area contributed by atoms with Gasteiger partial charge >= 0.3 is 5.97 Å².